The average molecular weight is 222 g/mol. The molecule has 1 aliphatic heterocycles. The van der Waals surface area contributed by atoms with Crippen molar-refractivity contribution < 1.29 is 9.47 Å². The van der Waals surface area contributed by atoms with Gasteiger partial charge in [-0.05, 0) is 12.2 Å². The average Bonchev–Trinajstić information content (AvgIpc) is 2.31. The number of hydrogen-bond acceptors (Lipinski definition) is 4. The Morgan fingerprint density at radius 3 is 2.81 bits per heavy atom. The van der Waals surface area contributed by atoms with E-state index in [-0.39, 0.29) is 0 Å². The van der Waals surface area contributed by atoms with E-state index in [4.69, 9.17) is 15.2 Å². The van der Waals surface area contributed by atoms with Crippen LogP contribution in [0.3, 0.4) is 0 Å². The number of hydrogen-bond donors (Lipinski definition) is 1. The fourth-order valence-corrected chi connectivity index (χ4v) is 1.89. The Morgan fingerprint density at radius 2 is 2.12 bits per heavy atom. The molecule has 0 radical (unpaired) electrons. The highest BCUT2D eigenvalue weighted by Gasteiger charge is 2.14. The molecule has 2 N–H and O–H groups in total. The van der Waals surface area contributed by atoms with Crippen LogP contribution < -0.4 is 5.73 Å². The predicted octanol–water partition coefficient (Wildman–Crippen LogP) is 0.979. The third-order valence-electron chi connectivity index (χ3n) is 2.76. The molecule has 16 heavy (non-hydrogen) atoms. The van der Waals surface area contributed by atoms with Gasteiger partial charge in [-0.3, -0.25) is 0 Å². The monoisotopic (exact) mass is 222 g/mol. The van der Waals surface area contributed by atoms with E-state index < -0.39 is 0 Å². The second-order valence-corrected chi connectivity index (χ2v) is 3.96. The molecular weight excluding hydrogens is 204 g/mol. The van der Waals surface area contributed by atoms with Gasteiger partial charge in [0.25, 0.3) is 0 Å². The molecule has 0 saturated carbocycles. The molecular formula is C12H18N2O2. The molecule has 1 fully saturated rings. The Hall–Kier alpha value is -1.42. The molecule has 0 aromatic heterocycles. The molecule has 0 aromatic rings. The van der Waals surface area contributed by atoms with Gasteiger partial charge in [0.2, 0.25) is 0 Å². The predicted molar refractivity (Wildman–Crippen MR) is 62.5 cm³/mol. The summed E-state index contributed by atoms with van der Waals surface area (Å²) in [6.45, 7) is 3.45. The molecule has 4 nitrogen and oxygen atoms in total. The Morgan fingerprint density at radius 1 is 1.38 bits per heavy atom. The van der Waals surface area contributed by atoms with Crippen molar-refractivity contribution in [3.63, 3.8) is 0 Å². The van der Waals surface area contributed by atoms with Gasteiger partial charge in [-0.1, -0.05) is 0 Å². The second kappa shape index (κ2) is 5.07. The molecule has 1 heterocycles. The van der Waals surface area contributed by atoms with Gasteiger partial charge in [0, 0.05) is 37.0 Å². The van der Waals surface area contributed by atoms with Crippen molar-refractivity contribution in [2.45, 2.75) is 6.42 Å². The van der Waals surface area contributed by atoms with Crippen LogP contribution in [0.2, 0.25) is 0 Å². The molecule has 0 bridgehead atoms. The molecule has 0 spiro atoms. The maximum absolute atomic E-state index is 5.82. The number of nitrogens with zero attached hydrogens (tertiary/aromatic N) is 1. The van der Waals surface area contributed by atoms with E-state index in [1.54, 1.807) is 7.11 Å². The summed E-state index contributed by atoms with van der Waals surface area (Å²) in [6.07, 6.45) is 6.72. The molecule has 0 amide bonds. The van der Waals surface area contributed by atoms with Gasteiger partial charge in [0.15, 0.2) is 0 Å². The Labute approximate surface area is 96.0 Å². The quantitative estimate of drug-likeness (QED) is 0.756. The van der Waals surface area contributed by atoms with Gasteiger partial charge in [-0.25, -0.2) is 0 Å². The van der Waals surface area contributed by atoms with Gasteiger partial charge in [0.05, 0.1) is 20.3 Å². The summed E-state index contributed by atoms with van der Waals surface area (Å²) in [7, 11) is 1.69. The summed E-state index contributed by atoms with van der Waals surface area (Å²) in [5, 5.41) is 0. The zero-order valence-corrected chi connectivity index (χ0v) is 9.61. The minimum Gasteiger partial charge on any atom is -0.496 e. The third-order valence-corrected chi connectivity index (χ3v) is 2.76. The highest BCUT2D eigenvalue weighted by Crippen LogP contribution is 2.23. The van der Waals surface area contributed by atoms with E-state index in [1.807, 2.05) is 12.2 Å². The number of morpholine rings is 1. The van der Waals surface area contributed by atoms with Crippen molar-refractivity contribution >= 4 is 0 Å². The van der Waals surface area contributed by atoms with Crippen LogP contribution in [0.5, 0.6) is 0 Å². The first-order chi connectivity index (χ1) is 7.79. The maximum atomic E-state index is 5.82. The van der Waals surface area contributed by atoms with Gasteiger partial charge in [-0.2, -0.15) is 0 Å². The van der Waals surface area contributed by atoms with Crippen molar-refractivity contribution in [3.05, 3.63) is 35.4 Å². The van der Waals surface area contributed by atoms with Gasteiger partial charge >= 0.3 is 0 Å². The highest BCUT2D eigenvalue weighted by atomic mass is 16.5. The van der Waals surface area contributed by atoms with Crippen LogP contribution in [0.1, 0.15) is 6.42 Å². The molecule has 0 unspecified atom stereocenters. The topological polar surface area (TPSA) is 47.7 Å². The zero-order valence-electron chi connectivity index (χ0n) is 9.61. The Balaban J connectivity index is 2.09. The largest absolute Gasteiger partial charge is 0.496 e. The van der Waals surface area contributed by atoms with Crippen LogP contribution in [0, 0.1) is 0 Å². The lowest BCUT2D eigenvalue weighted by Crippen LogP contribution is -2.32. The fourth-order valence-electron chi connectivity index (χ4n) is 1.89. The summed E-state index contributed by atoms with van der Waals surface area (Å²) in [5.41, 5.74) is 7.84. The number of nitrogens with two attached hydrogens (primary N) is 1. The van der Waals surface area contributed by atoms with E-state index >= 15 is 0 Å². The number of allylic oxidation sites excluding steroid dienone is 4. The number of methoxy groups -OCH3 is 1. The van der Waals surface area contributed by atoms with Crippen molar-refractivity contribution in [1.29, 1.82) is 0 Å². The van der Waals surface area contributed by atoms with Crippen molar-refractivity contribution in [2.75, 3.05) is 33.4 Å². The van der Waals surface area contributed by atoms with Crippen LogP contribution in [-0.4, -0.2) is 38.3 Å². The van der Waals surface area contributed by atoms with E-state index in [9.17, 15) is 0 Å². The van der Waals surface area contributed by atoms with Gasteiger partial charge < -0.3 is 20.1 Å². The summed E-state index contributed by atoms with van der Waals surface area (Å²) >= 11 is 0. The van der Waals surface area contributed by atoms with Crippen molar-refractivity contribution in [3.8, 4) is 0 Å². The van der Waals surface area contributed by atoms with Crippen LogP contribution >= 0.6 is 0 Å². The molecule has 2 rings (SSSR count). The van der Waals surface area contributed by atoms with Crippen molar-refractivity contribution in [1.82, 2.24) is 4.90 Å². The summed E-state index contributed by atoms with van der Waals surface area (Å²) in [6, 6.07) is 0. The normalized spacial score (nSPS) is 24.1. The van der Waals surface area contributed by atoms with Gasteiger partial charge in [-0.15, -0.1) is 0 Å². The maximum Gasteiger partial charge on any atom is 0.123 e. The summed E-state index contributed by atoms with van der Waals surface area (Å²) in [5.74, 6) is 0.903. The van der Waals surface area contributed by atoms with Crippen LogP contribution in [0.15, 0.2) is 35.4 Å². The van der Waals surface area contributed by atoms with E-state index in [2.05, 4.69) is 11.1 Å². The molecule has 88 valence electrons. The molecule has 0 atom stereocenters. The first-order valence-corrected chi connectivity index (χ1v) is 5.53. The fraction of sp³-hybridized carbons (Fsp3) is 0.500. The summed E-state index contributed by atoms with van der Waals surface area (Å²) in [4.78, 5) is 2.25. The van der Waals surface area contributed by atoms with E-state index in [0.717, 1.165) is 49.8 Å². The standard InChI is InChI=1S/C12H18N2O2/c1-15-12-3-2-11(13)8-10(12)9-14-4-6-16-7-5-14/h2-3,9H,4-8,13H2,1H3. The Bertz CT molecular complexity index is 339. The van der Waals surface area contributed by atoms with E-state index in [0.29, 0.717) is 0 Å². The molecule has 2 aliphatic rings. The first kappa shape index (κ1) is 11.1. The number of ether oxygens (including phenoxy) is 2. The SMILES string of the molecule is COC1=CC=C(N)CC1=CN1CCOCC1. The third kappa shape index (κ3) is 2.58. The minimum atomic E-state index is 0.761. The van der Waals surface area contributed by atoms with Gasteiger partial charge in [0.1, 0.15) is 5.76 Å². The highest BCUT2D eigenvalue weighted by molar-refractivity contribution is 5.37. The van der Waals surface area contributed by atoms with Crippen LogP contribution in [-0.2, 0) is 9.47 Å². The molecule has 1 aliphatic carbocycles. The Kier molecular flexibility index (Phi) is 3.51. The van der Waals surface area contributed by atoms with Crippen molar-refractivity contribution in [2.24, 2.45) is 5.73 Å². The zero-order chi connectivity index (χ0) is 11.4. The lowest BCUT2D eigenvalue weighted by atomic mass is 10.0. The number of rotatable bonds is 2. The molecule has 0 aromatic carbocycles. The second-order valence-electron chi connectivity index (χ2n) is 3.96. The molecule has 1 saturated heterocycles. The van der Waals surface area contributed by atoms with Crippen LogP contribution in [0.25, 0.3) is 0 Å². The minimum absolute atomic E-state index is 0.761. The van der Waals surface area contributed by atoms with Crippen LogP contribution in [0.4, 0.5) is 0 Å². The lowest BCUT2D eigenvalue weighted by Gasteiger charge is -2.27. The first-order valence-electron chi connectivity index (χ1n) is 5.53. The smallest absolute Gasteiger partial charge is 0.123 e. The van der Waals surface area contributed by atoms with E-state index in [1.165, 1.54) is 0 Å². The lowest BCUT2D eigenvalue weighted by molar-refractivity contribution is 0.0588. The molecule has 4 heteroatoms. The summed E-state index contributed by atoms with van der Waals surface area (Å²) < 4.78 is 10.6.